The van der Waals surface area contributed by atoms with Gasteiger partial charge in [0.15, 0.2) is 0 Å². The molecule has 0 aliphatic rings. The van der Waals surface area contributed by atoms with E-state index in [1.54, 1.807) is 0 Å². The molecule has 0 nitrogen and oxygen atoms in total. The molecular formula is C13H13I. The van der Waals surface area contributed by atoms with E-state index in [1.165, 1.54) is 32.7 Å². The second-order valence-corrected chi connectivity index (χ2v) is 4.66. The molecule has 0 saturated heterocycles. The molecule has 0 aliphatic heterocycles. The van der Waals surface area contributed by atoms with E-state index in [0.29, 0.717) is 0 Å². The molecule has 0 unspecified atom stereocenters. The summed E-state index contributed by atoms with van der Waals surface area (Å²) in [6.45, 7) is 2.23. The Morgan fingerprint density at radius 3 is 2.64 bits per heavy atom. The van der Waals surface area contributed by atoms with E-state index in [1.807, 2.05) is 0 Å². The van der Waals surface area contributed by atoms with Gasteiger partial charge in [0.1, 0.15) is 0 Å². The van der Waals surface area contributed by atoms with Crippen LogP contribution in [0.25, 0.3) is 10.8 Å². The van der Waals surface area contributed by atoms with Crippen LogP contribution in [0, 0.1) is 3.57 Å². The summed E-state index contributed by atoms with van der Waals surface area (Å²) in [6.07, 6.45) is 2.39. The molecule has 0 bridgehead atoms. The minimum Gasteiger partial charge on any atom is -0.0651 e. The SMILES string of the molecule is CCCc1c(I)ccc2ccccc12. The van der Waals surface area contributed by atoms with Crippen molar-refractivity contribution in [3.05, 3.63) is 45.5 Å². The second-order valence-electron chi connectivity index (χ2n) is 3.50. The van der Waals surface area contributed by atoms with Crippen LogP contribution in [0.15, 0.2) is 36.4 Å². The van der Waals surface area contributed by atoms with Crippen LogP contribution >= 0.6 is 22.6 Å². The van der Waals surface area contributed by atoms with Crippen LogP contribution in [0.2, 0.25) is 0 Å². The predicted molar refractivity (Wildman–Crippen MR) is 70.7 cm³/mol. The highest BCUT2D eigenvalue weighted by Gasteiger charge is 2.03. The van der Waals surface area contributed by atoms with Gasteiger partial charge >= 0.3 is 0 Å². The molecular weight excluding hydrogens is 283 g/mol. The number of hydrogen-bond donors (Lipinski definition) is 0. The monoisotopic (exact) mass is 296 g/mol. The van der Waals surface area contributed by atoms with Gasteiger partial charge in [-0.25, -0.2) is 0 Å². The minimum atomic E-state index is 1.18. The number of fused-ring (bicyclic) bond motifs is 1. The fourth-order valence-corrected chi connectivity index (χ4v) is 2.55. The van der Waals surface area contributed by atoms with Gasteiger partial charge in [-0.05, 0) is 51.4 Å². The Morgan fingerprint density at radius 1 is 1.07 bits per heavy atom. The fourth-order valence-electron chi connectivity index (χ4n) is 1.81. The molecule has 0 N–H and O–H groups in total. The van der Waals surface area contributed by atoms with Crippen molar-refractivity contribution in [2.45, 2.75) is 19.8 Å². The third-order valence-electron chi connectivity index (χ3n) is 2.48. The van der Waals surface area contributed by atoms with Gasteiger partial charge in [0.2, 0.25) is 0 Å². The first-order valence-electron chi connectivity index (χ1n) is 4.99. The van der Waals surface area contributed by atoms with Crippen molar-refractivity contribution in [2.75, 3.05) is 0 Å². The molecule has 0 radical (unpaired) electrons. The normalized spacial score (nSPS) is 10.7. The summed E-state index contributed by atoms with van der Waals surface area (Å²) < 4.78 is 1.39. The van der Waals surface area contributed by atoms with Gasteiger partial charge in [-0.3, -0.25) is 0 Å². The van der Waals surface area contributed by atoms with E-state index in [0.717, 1.165) is 0 Å². The quantitative estimate of drug-likeness (QED) is 0.721. The molecule has 14 heavy (non-hydrogen) atoms. The van der Waals surface area contributed by atoms with E-state index < -0.39 is 0 Å². The molecule has 0 atom stereocenters. The third kappa shape index (κ3) is 1.78. The maximum Gasteiger partial charge on any atom is 0.0168 e. The fraction of sp³-hybridized carbons (Fsp3) is 0.231. The van der Waals surface area contributed by atoms with Crippen molar-refractivity contribution in [3.8, 4) is 0 Å². The number of hydrogen-bond acceptors (Lipinski definition) is 0. The molecule has 0 aromatic heterocycles. The Hall–Kier alpha value is -0.570. The second kappa shape index (κ2) is 4.30. The molecule has 0 fully saturated rings. The maximum atomic E-state index is 2.43. The zero-order valence-electron chi connectivity index (χ0n) is 8.26. The summed E-state index contributed by atoms with van der Waals surface area (Å²) >= 11 is 2.43. The molecule has 2 rings (SSSR count). The van der Waals surface area contributed by atoms with Crippen molar-refractivity contribution in [2.24, 2.45) is 0 Å². The van der Waals surface area contributed by atoms with Gasteiger partial charge in [0, 0.05) is 3.57 Å². The first-order chi connectivity index (χ1) is 6.83. The Kier molecular flexibility index (Phi) is 3.06. The molecule has 0 spiro atoms. The molecule has 0 heterocycles. The van der Waals surface area contributed by atoms with Crippen LogP contribution < -0.4 is 0 Å². The number of rotatable bonds is 2. The van der Waals surface area contributed by atoms with Crippen LogP contribution in [-0.2, 0) is 6.42 Å². The zero-order chi connectivity index (χ0) is 9.97. The summed E-state index contributed by atoms with van der Waals surface area (Å²) in [6, 6.07) is 13.1. The molecule has 0 saturated carbocycles. The largest absolute Gasteiger partial charge is 0.0651 e. The number of benzene rings is 2. The van der Waals surface area contributed by atoms with Gasteiger partial charge in [0.25, 0.3) is 0 Å². The summed E-state index contributed by atoms with van der Waals surface area (Å²) in [7, 11) is 0. The van der Waals surface area contributed by atoms with Crippen molar-refractivity contribution in [1.82, 2.24) is 0 Å². The van der Waals surface area contributed by atoms with E-state index in [9.17, 15) is 0 Å². The maximum absolute atomic E-state index is 2.43. The minimum absolute atomic E-state index is 1.18. The molecule has 1 heteroatoms. The molecule has 72 valence electrons. The summed E-state index contributed by atoms with van der Waals surface area (Å²) in [4.78, 5) is 0. The Labute approximate surface area is 98.5 Å². The predicted octanol–water partition coefficient (Wildman–Crippen LogP) is 4.40. The van der Waals surface area contributed by atoms with Gasteiger partial charge in [0.05, 0.1) is 0 Å². The van der Waals surface area contributed by atoms with Crippen molar-refractivity contribution >= 4 is 33.4 Å². The van der Waals surface area contributed by atoms with E-state index in [4.69, 9.17) is 0 Å². The molecule has 2 aromatic rings. The molecule has 0 amide bonds. The third-order valence-corrected chi connectivity index (χ3v) is 3.49. The van der Waals surface area contributed by atoms with Gasteiger partial charge < -0.3 is 0 Å². The lowest BCUT2D eigenvalue weighted by Gasteiger charge is -2.07. The average molecular weight is 296 g/mol. The smallest absolute Gasteiger partial charge is 0.0168 e. The average Bonchev–Trinajstić information content (AvgIpc) is 2.23. The lowest BCUT2D eigenvalue weighted by molar-refractivity contribution is 0.925. The summed E-state index contributed by atoms with van der Waals surface area (Å²) in [5.74, 6) is 0. The molecule has 2 aromatic carbocycles. The zero-order valence-corrected chi connectivity index (χ0v) is 10.4. The van der Waals surface area contributed by atoms with Gasteiger partial charge in [-0.1, -0.05) is 43.7 Å². The van der Waals surface area contributed by atoms with E-state index in [2.05, 4.69) is 65.9 Å². The first-order valence-corrected chi connectivity index (χ1v) is 6.07. The Bertz CT molecular complexity index is 446. The summed E-state index contributed by atoms with van der Waals surface area (Å²) in [5.41, 5.74) is 1.51. The number of aryl methyl sites for hydroxylation is 1. The van der Waals surface area contributed by atoms with E-state index >= 15 is 0 Å². The van der Waals surface area contributed by atoms with Crippen molar-refractivity contribution in [3.63, 3.8) is 0 Å². The lowest BCUT2D eigenvalue weighted by Crippen LogP contribution is -1.90. The van der Waals surface area contributed by atoms with Crippen LogP contribution in [-0.4, -0.2) is 0 Å². The van der Waals surface area contributed by atoms with Gasteiger partial charge in [-0.15, -0.1) is 0 Å². The van der Waals surface area contributed by atoms with Crippen LogP contribution in [0.5, 0.6) is 0 Å². The first kappa shape index (κ1) is 9.97. The van der Waals surface area contributed by atoms with Crippen LogP contribution in [0.4, 0.5) is 0 Å². The standard InChI is InChI=1S/C13H13I/c1-2-5-12-11-7-4-3-6-10(11)8-9-13(12)14/h3-4,6-9H,2,5H2,1H3. The highest BCUT2D eigenvalue weighted by Crippen LogP contribution is 2.24. The molecule has 0 aliphatic carbocycles. The highest BCUT2D eigenvalue weighted by atomic mass is 127. The Balaban J connectivity index is 2.69. The van der Waals surface area contributed by atoms with Crippen LogP contribution in [0.3, 0.4) is 0 Å². The van der Waals surface area contributed by atoms with Crippen molar-refractivity contribution < 1.29 is 0 Å². The Morgan fingerprint density at radius 2 is 1.86 bits per heavy atom. The van der Waals surface area contributed by atoms with Crippen LogP contribution in [0.1, 0.15) is 18.9 Å². The van der Waals surface area contributed by atoms with Crippen molar-refractivity contribution in [1.29, 1.82) is 0 Å². The topological polar surface area (TPSA) is 0 Å². The highest BCUT2D eigenvalue weighted by molar-refractivity contribution is 14.1. The number of halogens is 1. The van der Waals surface area contributed by atoms with E-state index in [-0.39, 0.29) is 0 Å². The lowest BCUT2D eigenvalue weighted by atomic mass is 10.0. The summed E-state index contributed by atoms with van der Waals surface area (Å²) in [5, 5.41) is 2.78. The van der Waals surface area contributed by atoms with Gasteiger partial charge in [-0.2, -0.15) is 0 Å².